The second-order valence-electron chi connectivity index (χ2n) is 11.6. The van der Waals surface area contributed by atoms with Gasteiger partial charge < -0.3 is 0 Å². The van der Waals surface area contributed by atoms with Crippen molar-refractivity contribution in [3.8, 4) is 0 Å². The highest BCUT2D eigenvalue weighted by Gasteiger charge is 2.12. The second kappa shape index (κ2) is 20.7. The minimum atomic E-state index is 0. The smallest absolute Gasteiger partial charge is 0.00239 e. The van der Waals surface area contributed by atoms with Gasteiger partial charge in [-0.1, -0.05) is 185 Å². The third-order valence-corrected chi connectivity index (χ3v) is 7.81. The van der Waals surface area contributed by atoms with Crippen LogP contribution in [0.3, 0.4) is 0 Å². The summed E-state index contributed by atoms with van der Waals surface area (Å²) < 4.78 is 0. The zero-order valence-electron chi connectivity index (χ0n) is 27.7. The third-order valence-electron chi connectivity index (χ3n) is 7.81. The zero-order valence-corrected chi connectivity index (χ0v) is 27.7. The van der Waals surface area contributed by atoms with Crippen LogP contribution in [-0.2, 0) is 0 Å². The minimum Gasteiger partial charge on any atom is -0.0955 e. The molecule has 3 aromatic carbocycles. The van der Waals surface area contributed by atoms with Gasteiger partial charge in [0.15, 0.2) is 0 Å². The summed E-state index contributed by atoms with van der Waals surface area (Å²) in [6.07, 6.45) is 27.4. The van der Waals surface area contributed by atoms with Gasteiger partial charge in [0.25, 0.3) is 0 Å². The summed E-state index contributed by atoms with van der Waals surface area (Å²) >= 11 is 0. The van der Waals surface area contributed by atoms with E-state index in [1.807, 2.05) is 25.1 Å². The van der Waals surface area contributed by atoms with Crippen molar-refractivity contribution in [2.24, 2.45) is 0 Å². The van der Waals surface area contributed by atoms with Gasteiger partial charge in [0.2, 0.25) is 0 Å². The molecule has 236 valence electrons. The first-order valence-corrected chi connectivity index (χ1v) is 16.4. The molecule has 0 spiro atoms. The van der Waals surface area contributed by atoms with E-state index in [0.717, 1.165) is 37.7 Å². The number of rotatable bonds is 12. The number of aryl methyl sites for hydroxylation is 1. The van der Waals surface area contributed by atoms with Crippen LogP contribution in [0.15, 0.2) is 145 Å². The van der Waals surface area contributed by atoms with E-state index in [2.05, 4.69) is 150 Å². The van der Waals surface area contributed by atoms with Crippen molar-refractivity contribution in [2.45, 2.75) is 86.5 Å². The first-order valence-electron chi connectivity index (χ1n) is 16.4. The molecule has 0 amide bonds. The molecule has 0 heterocycles. The van der Waals surface area contributed by atoms with Crippen molar-refractivity contribution in [3.63, 3.8) is 0 Å². The molecule has 4 rings (SSSR count). The summed E-state index contributed by atoms with van der Waals surface area (Å²) in [6.45, 7) is 14.6. The first kappa shape index (κ1) is 37.0. The Bertz CT molecular complexity index is 1470. The molecule has 0 nitrogen and oxygen atoms in total. The predicted molar refractivity (Wildman–Crippen MR) is 204 cm³/mol. The van der Waals surface area contributed by atoms with Gasteiger partial charge in [0, 0.05) is 5.92 Å². The Morgan fingerprint density at radius 3 is 2.16 bits per heavy atom. The van der Waals surface area contributed by atoms with Crippen molar-refractivity contribution in [1.29, 1.82) is 0 Å². The number of allylic oxidation sites excluding steroid dienone is 12. The molecule has 0 radical (unpaired) electrons. The Labute approximate surface area is 276 Å². The van der Waals surface area contributed by atoms with Crippen LogP contribution in [0.5, 0.6) is 0 Å². The van der Waals surface area contributed by atoms with Crippen molar-refractivity contribution in [1.82, 2.24) is 0 Å². The second-order valence-corrected chi connectivity index (χ2v) is 11.6. The zero-order chi connectivity index (χ0) is 31.6. The summed E-state index contributed by atoms with van der Waals surface area (Å²) in [7, 11) is 0. The quantitative estimate of drug-likeness (QED) is 0.182. The van der Waals surface area contributed by atoms with Crippen molar-refractivity contribution >= 4 is 17.2 Å². The summed E-state index contributed by atoms with van der Waals surface area (Å²) in [4.78, 5) is 0. The maximum Gasteiger partial charge on any atom is 0.00239 e. The molecule has 0 aliphatic heterocycles. The summed E-state index contributed by atoms with van der Waals surface area (Å²) in [5, 5.41) is 0. The highest BCUT2D eigenvalue weighted by atomic mass is 14.2. The summed E-state index contributed by atoms with van der Waals surface area (Å²) in [5.41, 5.74) is 11.7. The molecule has 45 heavy (non-hydrogen) atoms. The highest BCUT2D eigenvalue weighted by Crippen LogP contribution is 2.30. The van der Waals surface area contributed by atoms with Gasteiger partial charge in [-0.3, -0.25) is 0 Å². The first-order chi connectivity index (χ1) is 21.4. The minimum absolute atomic E-state index is 0. The van der Waals surface area contributed by atoms with Crippen molar-refractivity contribution in [2.75, 3.05) is 0 Å². The van der Waals surface area contributed by atoms with Crippen LogP contribution < -0.4 is 0 Å². The molecule has 0 aromatic heterocycles. The molecule has 0 saturated carbocycles. The van der Waals surface area contributed by atoms with E-state index in [9.17, 15) is 0 Å². The molecule has 1 atom stereocenters. The summed E-state index contributed by atoms with van der Waals surface area (Å²) in [6, 6.07) is 28.1. The van der Waals surface area contributed by atoms with Crippen molar-refractivity contribution in [3.05, 3.63) is 173 Å². The summed E-state index contributed by atoms with van der Waals surface area (Å²) in [5.74, 6) is 0.432. The Kier molecular flexibility index (Phi) is 17.1. The average Bonchev–Trinajstić information content (AvgIpc) is 3.06. The standard InChI is InChI=1S/C35H42.C9H10.CH4/c1-5-12-30(18-11-15-29-21-19-28(4)20-22-29)34(13-6-2)27-35(14-7-3)33-25-23-32(24-26-33)31-16-9-8-10-17-31;1-8(2)9-6-4-3-5-7-9;/h5,9,11-12,15-27,35H,6-8,10,13-14H2,1-4H3;3-7H,1H2,2H3;1H4/b12-5-,15-11+,30-18+,34-27+;;. The fourth-order valence-electron chi connectivity index (χ4n) is 5.36. The number of hydrogen-bond acceptors (Lipinski definition) is 0. The van der Waals surface area contributed by atoms with Crippen LogP contribution in [0.2, 0.25) is 0 Å². The molecule has 0 fully saturated rings. The largest absolute Gasteiger partial charge is 0.0955 e. The van der Waals surface area contributed by atoms with Crippen LogP contribution in [0, 0.1) is 6.92 Å². The van der Waals surface area contributed by atoms with Gasteiger partial charge in [-0.05, 0) is 85.4 Å². The Morgan fingerprint density at radius 1 is 0.889 bits per heavy atom. The molecule has 0 N–H and O–H groups in total. The van der Waals surface area contributed by atoms with E-state index in [0.29, 0.717) is 5.92 Å². The van der Waals surface area contributed by atoms with Gasteiger partial charge in [0.05, 0.1) is 0 Å². The van der Waals surface area contributed by atoms with E-state index in [-0.39, 0.29) is 7.43 Å². The van der Waals surface area contributed by atoms with Crippen molar-refractivity contribution < 1.29 is 0 Å². The topological polar surface area (TPSA) is 0 Å². The fraction of sp³-hybridized carbons (Fsp3) is 0.289. The Morgan fingerprint density at radius 2 is 1.60 bits per heavy atom. The van der Waals surface area contributed by atoms with Gasteiger partial charge in [-0.15, -0.1) is 0 Å². The van der Waals surface area contributed by atoms with Crippen LogP contribution in [0.4, 0.5) is 0 Å². The Balaban J connectivity index is 0.000000606. The van der Waals surface area contributed by atoms with E-state index < -0.39 is 0 Å². The lowest BCUT2D eigenvalue weighted by Crippen LogP contribution is -1.99. The van der Waals surface area contributed by atoms with Gasteiger partial charge in [-0.25, -0.2) is 0 Å². The lowest BCUT2D eigenvalue weighted by Gasteiger charge is -2.17. The van der Waals surface area contributed by atoms with Crippen LogP contribution in [-0.4, -0.2) is 0 Å². The highest BCUT2D eigenvalue weighted by molar-refractivity contribution is 5.74. The predicted octanol–water partition coefficient (Wildman–Crippen LogP) is 13.9. The average molecular weight is 597 g/mol. The van der Waals surface area contributed by atoms with E-state index in [1.54, 1.807) is 0 Å². The molecule has 1 aliphatic carbocycles. The number of hydrogen-bond donors (Lipinski definition) is 0. The van der Waals surface area contributed by atoms with Gasteiger partial charge in [-0.2, -0.15) is 0 Å². The monoisotopic (exact) mass is 596 g/mol. The molecular weight excluding hydrogens is 540 g/mol. The number of benzene rings is 3. The lowest BCUT2D eigenvalue weighted by atomic mass is 9.87. The van der Waals surface area contributed by atoms with Gasteiger partial charge >= 0.3 is 0 Å². The van der Waals surface area contributed by atoms with E-state index in [4.69, 9.17) is 0 Å². The normalized spacial score (nSPS) is 14.0. The molecule has 0 bridgehead atoms. The molecule has 1 unspecified atom stereocenters. The van der Waals surface area contributed by atoms with Crippen LogP contribution >= 0.6 is 0 Å². The van der Waals surface area contributed by atoms with Crippen LogP contribution in [0.1, 0.15) is 107 Å². The molecule has 0 heteroatoms. The maximum absolute atomic E-state index is 3.83. The Hall–Kier alpha value is -4.16. The van der Waals surface area contributed by atoms with Crippen LogP contribution in [0.25, 0.3) is 17.2 Å². The molecular formula is C45H56. The van der Waals surface area contributed by atoms with Gasteiger partial charge in [0.1, 0.15) is 0 Å². The molecule has 0 saturated heterocycles. The van der Waals surface area contributed by atoms with E-state index in [1.165, 1.54) is 51.0 Å². The SMILES string of the molecule is C.C=C(C)c1ccccc1.C\C=C/C(=C\C=C\c1ccc(C)cc1)C(=C/C(CCC)c1ccc(C2=CCCC=C2)cc1)/CCC. The molecule has 3 aromatic rings. The lowest BCUT2D eigenvalue weighted by molar-refractivity contribution is 0.709. The maximum atomic E-state index is 3.83. The molecule has 1 aliphatic rings. The fourth-order valence-corrected chi connectivity index (χ4v) is 5.36. The van der Waals surface area contributed by atoms with E-state index >= 15 is 0 Å². The third kappa shape index (κ3) is 12.8.